The van der Waals surface area contributed by atoms with E-state index in [2.05, 4.69) is 5.32 Å². The van der Waals surface area contributed by atoms with E-state index in [0.717, 1.165) is 0 Å². The summed E-state index contributed by atoms with van der Waals surface area (Å²) < 4.78 is 10.0. The quantitative estimate of drug-likeness (QED) is 0.770. The smallest absolute Gasteiger partial charge is 0.408 e. The van der Waals surface area contributed by atoms with Crippen LogP contribution in [0.25, 0.3) is 0 Å². The minimum absolute atomic E-state index is 0.271. The molecule has 0 aliphatic carbocycles. The Hall–Kier alpha value is -1.26. The summed E-state index contributed by atoms with van der Waals surface area (Å²) in [6.07, 6.45) is -0.619. The summed E-state index contributed by atoms with van der Waals surface area (Å²) in [6, 6.07) is -0.705. The largest absolute Gasteiger partial charge is 0.464 e. The van der Waals surface area contributed by atoms with Gasteiger partial charge in [-0.1, -0.05) is 13.8 Å². The molecule has 0 aliphatic rings. The van der Waals surface area contributed by atoms with Crippen LogP contribution >= 0.6 is 0 Å². The fourth-order valence-corrected chi connectivity index (χ4v) is 0.917. The molecule has 0 saturated carbocycles. The van der Waals surface area contributed by atoms with E-state index in [1.165, 1.54) is 0 Å². The maximum Gasteiger partial charge on any atom is 0.408 e. The lowest BCUT2D eigenvalue weighted by Crippen LogP contribution is -2.42. The van der Waals surface area contributed by atoms with E-state index < -0.39 is 23.7 Å². The average molecular weight is 245 g/mol. The second-order valence-electron chi connectivity index (χ2n) is 5.39. The van der Waals surface area contributed by atoms with Crippen molar-refractivity contribution in [1.82, 2.24) is 5.32 Å². The first kappa shape index (κ1) is 15.7. The number of rotatable bonds is 4. The van der Waals surface area contributed by atoms with Crippen molar-refractivity contribution in [2.24, 2.45) is 5.92 Å². The van der Waals surface area contributed by atoms with Crippen LogP contribution in [0.3, 0.4) is 0 Å². The van der Waals surface area contributed by atoms with Gasteiger partial charge in [-0.25, -0.2) is 9.59 Å². The molecule has 0 aromatic heterocycles. The van der Waals surface area contributed by atoms with E-state index in [1.807, 2.05) is 13.8 Å². The summed E-state index contributed by atoms with van der Waals surface area (Å²) in [5.41, 5.74) is -0.578. The first-order chi connectivity index (χ1) is 7.61. The van der Waals surface area contributed by atoms with Crippen molar-refractivity contribution in [1.29, 1.82) is 0 Å². The molecule has 0 aromatic carbocycles. The van der Waals surface area contributed by atoms with Gasteiger partial charge in [-0.3, -0.25) is 0 Å². The highest BCUT2D eigenvalue weighted by Crippen LogP contribution is 2.07. The Kier molecular flexibility index (Phi) is 5.99. The zero-order valence-electron chi connectivity index (χ0n) is 11.5. The molecule has 0 spiro atoms. The molecular formula is C12H23NO4. The highest BCUT2D eigenvalue weighted by atomic mass is 16.6. The first-order valence-electron chi connectivity index (χ1n) is 5.78. The molecule has 1 N–H and O–H groups in total. The van der Waals surface area contributed by atoms with Gasteiger partial charge in [-0.05, 0) is 33.6 Å². The molecule has 5 heteroatoms. The van der Waals surface area contributed by atoms with Crippen LogP contribution in [0.2, 0.25) is 0 Å². The molecule has 5 nitrogen and oxygen atoms in total. The van der Waals surface area contributed by atoms with E-state index >= 15 is 0 Å². The van der Waals surface area contributed by atoms with Gasteiger partial charge in [0, 0.05) is 0 Å². The number of ether oxygens (including phenoxy) is 2. The highest BCUT2D eigenvalue weighted by Gasteiger charge is 2.21. The fourth-order valence-electron chi connectivity index (χ4n) is 0.917. The molecule has 1 amide bonds. The molecule has 0 fully saturated rings. The zero-order chi connectivity index (χ0) is 13.6. The second-order valence-corrected chi connectivity index (χ2v) is 5.39. The van der Waals surface area contributed by atoms with E-state index in [0.29, 0.717) is 6.61 Å². The molecule has 0 radical (unpaired) electrons. The molecule has 0 rings (SSSR count). The Morgan fingerprint density at radius 2 is 1.71 bits per heavy atom. The molecular weight excluding hydrogens is 222 g/mol. The van der Waals surface area contributed by atoms with Gasteiger partial charge in [0.2, 0.25) is 0 Å². The van der Waals surface area contributed by atoms with Gasteiger partial charge in [0.05, 0.1) is 6.61 Å². The Bertz CT molecular complexity index is 268. The van der Waals surface area contributed by atoms with Crippen LogP contribution in [-0.2, 0) is 14.3 Å². The predicted octanol–water partition coefficient (Wildman–Crippen LogP) is 2.10. The normalized spacial score (nSPS) is 13.1. The van der Waals surface area contributed by atoms with Gasteiger partial charge in [0.15, 0.2) is 0 Å². The summed E-state index contributed by atoms with van der Waals surface area (Å²) in [5.74, 6) is -0.183. The predicted molar refractivity (Wildman–Crippen MR) is 64.6 cm³/mol. The summed E-state index contributed by atoms with van der Waals surface area (Å²) in [7, 11) is 0. The van der Waals surface area contributed by atoms with Crippen molar-refractivity contribution in [3.8, 4) is 0 Å². The number of esters is 1. The Balaban J connectivity index is 4.03. The van der Waals surface area contributed by atoms with E-state index in [1.54, 1.807) is 27.7 Å². The summed E-state index contributed by atoms with van der Waals surface area (Å²) in [5, 5.41) is 2.42. The van der Waals surface area contributed by atoms with Gasteiger partial charge in [0.1, 0.15) is 11.6 Å². The molecule has 0 bridgehead atoms. The standard InChI is InChI=1S/C12H23NO4/c1-8(2)7-16-10(14)9(3)13-11(15)17-12(4,5)6/h8-9H,7H2,1-6H3,(H,13,15). The third-order valence-corrected chi connectivity index (χ3v) is 1.65. The number of hydrogen-bond donors (Lipinski definition) is 1. The topological polar surface area (TPSA) is 64.6 Å². The van der Waals surface area contributed by atoms with E-state index in [4.69, 9.17) is 9.47 Å². The van der Waals surface area contributed by atoms with Crippen LogP contribution in [0.15, 0.2) is 0 Å². The molecule has 1 atom stereocenters. The Labute approximate surface area is 103 Å². The molecule has 0 aliphatic heterocycles. The second kappa shape index (κ2) is 6.47. The van der Waals surface area contributed by atoms with Crippen LogP contribution < -0.4 is 5.32 Å². The van der Waals surface area contributed by atoms with E-state index in [9.17, 15) is 9.59 Å². The average Bonchev–Trinajstić information content (AvgIpc) is 2.10. The maximum atomic E-state index is 11.5. The molecule has 100 valence electrons. The number of nitrogens with one attached hydrogen (secondary N) is 1. The van der Waals surface area contributed by atoms with Gasteiger partial charge < -0.3 is 14.8 Å². The third-order valence-electron chi connectivity index (χ3n) is 1.65. The molecule has 0 heterocycles. The number of alkyl carbamates (subject to hydrolysis) is 1. The lowest BCUT2D eigenvalue weighted by molar-refractivity contribution is -0.146. The van der Waals surface area contributed by atoms with Crippen molar-refractivity contribution < 1.29 is 19.1 Å². The van der Waals surface area contributed by atoms with Gasteiger partial charge in [-0.2, -0.15) is 0 Å². The van der Waals surface area contributed by atoms with Crippen LogP contribution in [0, 0.1) is 5.92 Å². The minimum Gasteiger partial charge on any atom is -0.464 e. The van der Waals surface area contributed by atoms with E-state index in [-0.39, 0.29) is 5.92 Å². The fraction of sp³-hybridized carbons (Fsp3) is 0.833. The highest BCUT2D eigenvalue weighted by molar-refractivity contribution is 5.80. The lowest BCUT2D eigenvalue weighted by Gasteiger charge is -2.21. The lowest BCUT2D eigenvalue weighted by atomic mass is 10.2. The number of hydrogen-bond acceptors (Lipinski definition) is 4. The van der Waals surface area contributed by atoms with Crippen molar-refractivity contribution in [2.75, 3.05) is 6.61 Å². The Morgan fingerprint density at radius 1 is 1.18 bits per heavy atom. The monoisotopic (exact) mass is 245 g/mol. The minimum atomic E-state index is -0.705. The molecule has 0 aromatic rings. The first-order valence-corrected chi connectivity index (χ1v) is 5.78. The van der Waals surface area contributed by atoms with Crippen molar-refractivity contribution in [2.45, 2.75) is 53.2 Å². The van der Waals surface area contributed by atoms with Crippen LogP contribution in [-0.4, -0.2) is 30.3 Å². The zero-order valence-corrected chi connectivity index (χ0v) is 11.5. The van der Waals surface area contributed by atoms with Crippen molar-refractivity contribution in [3.05, 3.63) is 0 Å². The van der Waals surface area contributed by atoms with Crippen molar-refractivity contribution >= 4 is 12.1 Å². The van der Waals surface area contributed by atoms with Crippen LogP contribution in [0.1, 0.15) is 41.5 Å². The number of amides is 1. The SMILES string of the molecule is CC(C)COC(=O)C(C)NC(=O)OC(C)(C)C. The molecule has 0 saturated heterocycles. The third kappa shape index (κ3) is 8.54. The number of carbonyl (C=O) groups is 2. The Morgan fingerprint density at radius 3 is 2.12 bits per heavy atom. The maximum absolute atomic E-state index is 11.5. The summed E-state index contributed by atoms with van der Waals surface area (Å²) in [6.45, 7) is 11.1. The van der Waals surface area contributed by atoms with Gasteiger partial charge in [0.25, 0.3) is 0 Å². The van der Waals surface area contributed by atoms with Crippen LogP contribution in [0.5, 0.6) is 0 Å². The van der Waals surface area contributed by atoms with Gasteiger partial charge in [-0.15, -0.1) is 0 Å². The number of carbonyl (C=O) groups excluding carboxylic acids is 2. The summed E-state index contributed by atoms with van der Waals surface area (Å²) in [4.78, 5) is 22.8. The van der Waals surface area contributed by atoms with Gasteiger partial charge >= 0.3 is 12.1 Å². The molecule has 1 unspecified atom stereocenters. The van der Waals surface area contributed by atoms with Crippen LogP contribution in [0.4, 0.5) is 4.79 Å². The van der Waals surface area contributed by atoms with Crippen molar-refractivity contribution in [3.63, 3.8) is 0 Å². The summed E-state index contributed by atoms with van der Waals surface area (Å²) >= 11 is 0. The molecule has 17 heavy (non-hydrogen) atoms.